The second-order valence-corrected chi connectivity index (χ2v) is 7.20. The van der Waals surface area contributed by atoms with Gasteiger partial charge in [-0.2, -0.15) is 0 Å². The minimum absolute atomic E-state index is 0.0276. The summed E-state index contributed by atoms with van der Waals surface area (Å²) in [6.45, 7) is 5.45. The van der Waals surface area contributed by atoms with Gasteiger partial charge in [-0.15, -0.1) is 0 Å². The maximum Gasteiger partial charge on any atom is 0.251 e. The van der Waals surface area contributed by atoms with E-state index in [1.807, 2.05) is 13.8 Å². The molecule has 2 aliphatic rings. The normalized spacial score (nSPS) is 24.8. The Labute approximate surface area is 154 Å². The molecular weight excluding hydrogens is 332 g/mol. The van der Waals surface area contributed by atoms with Gasteiger partial charge in [0.15, 0.2) is 0 Å². The first kappa shape index (κ1) is 18.9. The van der Waals surface area contributed by atoms with Gasteiger partial charge >= 0.3 is 0 Å². The average Bonchev–Trinajstić information content (AvgIpc) is 3.35. The minimum atomic E-state index is -0.146. The van der Waals surface area contributed by atoms with E-state index in [0.29, 0.717) is 11.1 Å². The third-order valence-electron chi connectivity index (χ3n) is 5.17. The lowest BCUT2D eigenvalue weighted by Gasteiger charge is -2.20. The monoisotopic (exact) mass is 360 g/mol. The number of hydrogen-bond donors (Lipinski definition) is 2. The molecular formula is C20H28N2O4. The van der Waals surface area contributed by atoms with Crippen LogP contribution in [0.1, 0.15) is 60.2 Å². The smallest absolute Gasteiger partial charge is 0.251 e. The van der Waals surface area contributed by atoms with Crippen LogP contribution in [-0.4, -0.2) is 49.3 Å². The van der Waals surface area contributed by atoms with Crippen LogP contribution in [0.3, 0.4) is 0 Å². The minimum Gasteiger partial charge on any atom is -0.376 e. The first-order valence-corrected chi connectivity index (χ1v) is 9.49. The Morgan fingerprint density at radius 3 is 1.54 bits per heavy atom. The van der Waals surface area contributed by atoms with Crippen LogP contribution >= 0.6 is 0 Å². The van der Waals surface area contributed by atoms with Crippen molar-refractivity contribution >= 4 is 11.8 Å². The van der Waals surface area contributed by atoms with E-state index >= 15 is 0 Å². The number of rotatable bonds is 6. The molecule has 0 saturated carbocycles. The molecule has 0 aromatic heterocycles. The van der Waals surface area contributed by atoms with E-state index in [1.54, 1.807) is 24.3 Å². The molecule has 26 heavy (non-hydrogen) atoms. The van der Waals surface area contributed by atoms with Crippen molar-refractivity contribution in [3.05, 3.63) is 35.4 Å². The average molecular weight is 360 g/mol. The van der Waals surface area contributed by atoms with Crippen molar-refractivity contribution in [1.82, 2.24) is 10.6 Å². The van der Waals surface area contributed by atoms with Gasteiger partial charge in [0.05, 0.1) is 24.3 Å². The van der Waals surface area contributed by atoms with Crippen molar-refractivity contribution in [2.75, 3.05) is 13.2 Å². The Morgan fingerprint density at radius 2 is 1.23 bits per heavy atom. The largest absolute Gasteiger partial charge is 0.376 e. The van der Waals surface area contributed by atoms with Crippen LogP contribution in [0.4, 0.5) is 0 Å². The molecule has 1 aromatic carbocycles. The van der Waals surface area contributed by atoms with Gasteiger partial charge in [0.1, 0.15) is 0 Å². The van der Waals surface area contributed by atoms with E-state index < -0.39 is 0 Å². The molecule has 4 atom stereocenters. The molecule has 0 unspecified atom stereocenters. The summed E-state index contributed by atoms with van der Waals surface area (Å²) in [7, 11) is 0. The molecule has 6 nitrogen and oxygen atoms in total. The maximum absolute atomic E-state index is 12.4. The summed E-state index contributed by atoms with van der Waals surface area (Å²) in [6.07, 6.45) is 4.21. The maximum atomic E-state index is 12.4. The zero-order valence-electron chi connectivity index (χ0n) is 15.5. The highest BCUT2D eigenvalue weighted by Crippen LogP contribution is 2.17. The Bertz CT molecular complexity index is 564. The fourth-order valence-electron chi connectivity index (χ4n) is 3.53. The molecule has 0 spiro atoms. The van der Waals surface area contributed by atoms with Crippen LogP contribution < -0.4 is 10.6 Å². The van der Waals surface area contributed by atoms with Crippen molar-refractivity contribution in [3.63, 3.8) is 0 Å². The lowest BCUT2D eigenvalue weighted by Crippen LogP contribution is -2.41. The Balaban J connectivity index is 1.53. The third-order valence-corrected chi connectivity index (χ3v) is 5.17. The lowest BCUT2D eigenvalue weighted by atomic mass is 10.1. The van der Waals surface area contributed by atoms with Gasteiger partial charge in [-0.3, -0.25) is 9.59 Å². The van der Waals surface area contributed by atoms with E-state index in [-0.39, 0.29) is 36.1 Å². The van der Waals surface area contributed by atoms with Gasteiger partial charge < -0.3 is 20.1 Å². The number of amides is 2. The number of carbonyl (C=O) groups is 2. The molecule has 2 fully saturated rings. The van der Waals surface area contributed by atoms with Crippen LogP contribution in [0, 0.1) is 0 Å². The summed E-state index contributed by atoms with van der Waals surface area (Å²) < 4.78 is 11.2. The topological polar surface area (TPSA) is 76.7 Å². The second-order valence-electron chi connectivity index (χ2n) is 7.20. The zero-order chi connectivity index (χ0) is 18.5. The second kappa shape index (κ2) is 8.64. The lowest BCUT2D eigenvalue weighted by molar-refractivity contribution is 0.0708. The molecule has 0 bridgehead atoms. The summed E-state index contributed by atoms with van der Waals surface area (Å²) in [5.74, 6) is -0.291. The van der Waals surface area contributed by atoms with Gasteiger partial charge in [0.25, 0.3) is 11.8 Å². The van der Waals surface area contributed by atoms with Crippen molar-refractivity contribution in [3.8, 4) is 0 Å². The van der Waals surface area contributed by atoms with Crippen LogP contribution in [0.5, 0.6) is 0 Å². The summed E-state index contributed by atoms with van der Waals surface area (Å²) in [4.78, 5) is 24.7. The van der Waals surface area contributed by atoms with Gasteiger partial charge in [0.2, 0.25) is 0 Å². The number of ether oxygens (including phenoxy) is 2. The molecule has 2 saturated heterocycles. The van der Waals surface area contributed by atoms with E-state index in [0.717, 1.165) is 38.9 Å². The summed E-state index contributed by atoms with van der Waals surface area (Å²) in [5, 5.41) is 5.95. The molecule has 2 amide bonds. The van der Waals surface area contributed by atoms with E-state index in [4.69, 9.17) is 9.47 Å². The predicted octanol–water partition coefficient (Wildman–Crippen LogP) is 2.28. The van der Waals surface area contributed by atoms with Gasteiger partial charge in [-0.25, -0.2) is 0 Å². The van der Waals surface area contributed by atoms with E-state index in [2.05, 4.69) is 10.6 Å². The highest BCUT2D eigenvalue weighted by atomic mass is 16.5. The Kier molecular flexibility index (Phi) is 6.27. The molecule has 2 N–H and O–H groups in total. The first-order valence-electron chi connectivity index (χ1n) is 9.49. The quantitative estimate of drug-likeness (QED) is 0.816. The third kappa shape index (κ3) is 4.62. The molecule has 2 aliphatic heterocycles. The summed E-state index contributed by atoms with van der Waals surface area (Å²) in [6, 6.07) is 6.68. The summed E-state index contributed by atoms with van der Waals surface area (Å²) in [5.41, 5.74) is 1.08. The van der Waals surface area contributed by atoms with Crippen molar-refractivity contribution < 1.29 is 19.1 Å². The fraction of sp³-hybridized carbons (Fsp3) is 0.600. The molecule has 2 heterocycles. The zero-order valence-corrected chi connectivity index (χ0v) is 15.5. The molecule has 142 valence electrons. The SMILES string of the molecule is C[C@H](NC(=O)c1ccc(C(=O)N[C@H](C)[C@@H]2CCCO2)cc1)[C@@H]1CCCO1. The van der Waals surface area contributed by atoms with Crippen molar-refractivity contribution in [1.29, 1.82) is 0 Å². The number of benzene rings is 1. The van der Waals surface area contributed by atoms with Crippen LogP contribution in [0.2, 0.25) is 0 Å². The number of carbonyl (C=O) groups excluding carboxylic acids is 2. The first-order chi connectivity index (χ1) is 12.5. The van der Waals surface area contributed by atoms with Gasteiger partial charge in [-0.1, -0.05) is 0 Å². The Morgan fingerprint density at radius 1 is 0.846 bits per heavy atom. The molecule has 1 aromatic rings. The van der Waals surface area contributed by atoms with E-state index in [9.17, 15) is 9.59 Å². The fourth-order valence-corrected chi connectivity index (χ4v) is 3.53. The van der Waals surface area contributed by atoms with Crippen LogP contribution in [-0.2, 0) is 9.47 Å². The molecule has 6 heteroatoms. The van der Waals surface area contributed by atoms with Crippen LogP contribution in [0.15, 0.2) is 24.3 Å². The predicted molar refractivity (Wildman–Crippen MR) is 98.2 cm³/mol. The molecule has 3 rings (SSSR count). The highest BCUT2D eigenvalue weighted by Gasteiger charge is 2.25. The van der Waals surface area contributed by atoms with Crippen LogP contribution in [0.25, 0.3) is 0 Å². The summed E-state index contributed by atoms with van der Waals surface area (Å²) >= 11 is 0. The Hall–Kier alpha value is -1.92. The highest BCUT2D eigenvalue weighted by molar-refractivity contribution is 5.98. The molecule has 0 aliphatic carbocycles. The van der Waals surface area contributed by atoms with Gasteiger partial charge in [0, 0.05) is 24.3 Å². The standard InChI is InChI=1S/C20H28N2O4/c1-13(17-5-3-11-25-17)21-19(23)15-7-9-16(10-8-15)20(24)22-14(2)18-6-4-12-26-18/h7-10,13-14,17-18H,3-6,11-12H2,1-2H3,(H,21,23)(H,22,24)/t13-,14+,17-,18-/m0/s1. The van der Waals surface area contributed by atoms with Crippen molar-refractivity contribution in [2.45, 2.75) is 63.8 Å². The molecule has 0 radical (unpaired) electrons. The number of hydrogen-bond acceptors (Lipinski definition) is 4. The van der Waals surface area contributed by atoms with Gasteiger partial charge in [-0.05, 0) is 63.8 Å². The van der Waals surface area contributed by atoms with Crippen molar-refractivity contribution in [2.24, 2.45) is 0 Å². The number of nitrogens with one attached hydrogen (secondary N) is 2. The van der Waals surface area contributed by atoms with E-state index in [1.165, 1.54) is 0 Å².